The molecule has 124 valence electrons. The highest BCUT2D eigenvalue weighted by molar-refractivity contribution is 9.10. The Kier molecular flexibility index (Phi) is 4.11. The Morgan fingerprint density at radius 2 is 2.29 bits per heavy atom. The van der Waals surface area contributed by atoms with Crippen molar-refractivity contribution in [2.75, 3.05) is 13.2 Å². The van der Waals surface area contributed by atoms with Gasteiger partial charge in [0.15, 0.2) is 5.69 Å². The lowest BCUT2D eigenvalue weighted by Gasteiger charge is -2.05. The number of halogens is 2. The SMILES string of the molecule is Fc1cc(Br)ccc1-c1noc(-c2cn(C[C@H]3CCOC3)nn2)n1. The Morgan fingerprint density at radius 1 is 1.38 bits per heavy atom. The Labute approximate surface area is 144 Å². The molecule has 1 aromatic carbocycles. The maximum absolute atomic E-state index is 14.0. The molecule has 3 aromatic rings. The van der Waals surface area contributed by atoms with Crippen molar-refractivity contribution in [3.05, 3.63) is 34.7 Å². The van der Waals surface area contributed by atoms with Crippen LogP contribution < -0.4 is 0 Å². The molecule has 0 aliphatic carbocycles. The smallest absolute Gasteiger partial charge is 0.280 e. The van der Waals surface area contributed by atoms with Crippen LogP contribution in [0.15, 0.2) is 33.4 Å². The van der Waals surface area contributed by atoms with E-state index in [0.29, 0.717) is 16.1 Å². The average Bonchev–Trinajstić information content (AvgIpc) is 3.28. The highest BCUT2D eigenvalue weighted by atomic mass is 79.9. The highest BCUT2D eigenvalue weighted by Gasteiger charge is 2.19. The number of rotatable bonds is 4. The maximum Gasteiger partial charge on any atom is 0.280 e. The minimum Gasteiger partial charge on any atom is -0.381 e. The van der Waals surface area contributed by atoms with Gasteiger partial charge < -0.3 is 9.26 Å². The third-order valence-corrected chi connectivity index (χ3v) is 4.32. The zero-order valence-electron chi connectivity index (χ0n) is 12.5. The van der Waals surface area contributed by atoms with E-state index in [1.54, 1.807) is 23.0 Å². The fourth-order valence-corrected chi connectivity index (χ4v) is 2.92. The number of hydrogen-bond acceptors (Lipinski definition) is 6. The Bertz CT molecular complexity index is 859. The quantitative estimate of drug-likeness (QED) is 0.677. The average molecular weight is 394 g/mol. The molecule has 3 heterocycles. The van der Waals surface area contributed by atoms with E-state index in [-0.39, 0.29) is 17.3 Å². The zero-order valence-corrected chi connectivity index (χ0v) is 14.1. The van der Waals surface area contributed by atoms with E-state index in [0.717, 1.165) is 26.2 Å². The Morgan fingerprint density at radius 3 is 3.08 bits per heavy atom. The lowest BCUT2D eigenvalue weighted by atomic mass is 10.1. The molecule has 7 nitrogen and oxygen atoms in total. The van der Waals surface area contributed by atoms with Crippen LogP contribution in [-0.2, 0) is 11.3 Å². The van der Waals surface area contributed by atoms with Gasteiger partial charge >= 0.3 is 0 Å². The first kappa shape index (κ1) is 15.4. The predicted octanol–water partition coefficient (Wildman–Crippen LogP) is 2.93. The second-order valence-electron chi connectivity index (χ2n) is 5.60. The Hall–Kier alpha value is -2.13. The van der Waals surface area contributed by atoms with Gasteiger partial charge in [-0.2, -0.15) is 4.98 Å². The van der Waals surface area contributed by atoms with Gasteiger partial charge in [0.25, 0.3) is 5.89 Å². The molecule has 0 bridgehead atoms. The summed E-state index contributed by atoms with van der Waals surface area (Å²) in [4.78, 5) is 4.21. The number of aromatic nitrogens is 5. The molecule has 1 aliphatic rings. The molecule has 2 aromatic heterocycles. The van der Waals surface area contributed by atoms with Crippen LogP contribution in [0, 0.1) is 11.7 Å². The molecule has 1 saturated heterocycles. The van der Waals surface area contributed by atoms with Gasteiger partial charge in [0, 0.05) is 23.5 Å². The molecule has 0 N–H and O–H groups in total. The van der Waals surface area contributed by atoms with Gasteiger partial charge in [0.2, 0.25) is 5.82 Å². The number of hydrogen-bond donors (Lipinski definition) is 0. The van der Waals surface area contributed by atoms with Gasteiger partial charge in [-0.25, -0.2) is 4.39 Å². The van der Waals surface area contributed by atoms with Crippen LogP contribution in [0.4, 0.5) is 4.39 Å². The second-order valence-corrected chi connectivity index (χ2v) is 6.52. The molecule has 1 aliphatic heterocycles. The van der Waals surface area contributed by atoms with Gasteiger partial charge in [-0.3, -0.25) is 4.68 Å². The summed E-state index contributed by atoms with van der Waals surface area (Å²) >= 11 is 3.22. The molecule has 0 unspecified atom stereocenters. The summed E-state index contributed by atoms with van der Waals surface area (Å²) in [6.07, 6.45) is 2.76. The van der Waals surface area contributed by atoms with Crippen molar-refractivity contribution in [3.8, 4) is 23.0 Å². The molecular formula is C15H13BrFN5O2. The van der Waals surface area contributed by atoms with Crippen LogP contribution in [0.1, 0.15) is 6.42 Å². The van der Waals surface area contributed by atoms with E-state index >= 15 is 0 Å². The summed E-state index contributed by atoms with van der Waals surface area (Å²) in [5, 5.41) is 11.9. The van der Waals surface area contributed by atoms with E-state index in [1.807, 2.05) is 0 Å². The summed E-state index contributed by atoms with van der Waals surface area (Å²) in [5.74, 6) is 0.395. The van der Waals surface area contributed by atoms with Crippen LogP contribution in [-0.4, -0.2) is 38.3 Å². The predicted molar refractivity (Wildman–Crippen MR) is 85.3 cm³/mol. The summed E-state index contributed by atoms with van der Waals surface area (Å²) in [5.41, 5.74) is 0.730. The third kappa shape index (κ3) is 3.09. The first-order chi connectivity index (χ1) is 11.7. The van der Waals surface area contributed by atoms with Crippen molar-refractivity contribution in [2.24, 2.45) is 5.92 Å². The number of ether oxygens (including phenoxy) is 1. The molecule has 4 rings (SSSR count). The maximum atomic E-state index is 14.0. The first-order valence-electron chi connectivity index (χ1n) is 7.46. The molecule has 0 saturated carbocycles. The molecule has 1 fully saturated rings. The Balaban J connectivity index is 1.55. The lowest BCUT2D eigenvalue weighted by molar-refractivity contribution is 0.181. The minimum absolute atomic E-state index is 0.175. The van der Waals surface area contributed by atoms with Crippen molar-refractivity contribution in [1.29, 1.82) is 0 Å². The number of benzene rings is 1. The zero-order chi connectivity index (χ0) is 16.5. The normalized spacial score (nSPS) is 17.5. The molecule has 0 spiro atoms. The van der Waals surface area contributed by atoms with Crippen LogP contribution >= 0.6 is 15.9 Å². The van der Waals surface area contributed by atoms with E-state index in [2.05, 4.69) is 36.4 Å². The van der Waals surface area contributed by atoms with Crippen LogP contribution in [0.5, 0.6) is 0 Å². The first-order valence-corrected chi connectivity index (χ1v) is 8.26. The van der Waals surface area contributed by atoms with Crippen molar-refractivity contribution < 1.29 is 13.7 Å². The summed E-state index contributed by atoms with van der Waals surface area (Å²) in [6.45, 7) is 2.26. The van der Waals surface area contributed by atoms with Gasteiger partial charge in [0.1, 0.15) is 5.82 Å². The fourth-order valence-electron chi connectivity index (χ4n) is 2.59. The largest absolute Gasteiger partial charge is 0.381 e. The highest BCUT2D eigenvalue weighted by Crippen LogP contribution is 2.25. The third-order valence-electron chi connectivity index (χ3n) is 3.83. The van der Waals surface area contributed by atoms with Crippen molar-refractivity contribution >= 4 is 15.9 Å². The van der Waals surface area contributed by atoms with Crippen LogP contribution in [0.3, 0.4) is 0 Å². The molecular weight excluding hydrogens is 381 g/mol. The van der Waals surface area contributed by atoms with Crippen LogP contribution in [0.25, 0.3) is 23.0 Å². The molecule has 24 heavy (non-hydrogen) atoms. The van der Waals surface area contributed by atoms with E-state index < -0.39 is 5.82 Å². The summed E-state index contributed by atoms with van der Waals surface area (Å²) in [6, 6.07) is 4.66. The van der Waals surface area contributed by atoms with Gasteiger partial charge in [0.05, 0.1) is 18.4 Å². The van der Waals surface area contributed by atoms with Gasteiger partial charge in [-0.15, -0.1) is 5.10 Å². The van der Waals surface area contributed by atoms with Crippen molar-refractivity contribution in [3.63, 3.8) is 0 Å². The van der Waals surface area contributed by atoms with Gasteiger partial charge in [-0.1, -0.05) is 26.3 Å². The van der Waals surface area contributed by atoms with E-state index in [4.69, 9.17) is 9.26 Å². The molecule has 0 radical (unpaired) electrons. The molecule has 9 heteroatoms. The lowest BCUT2D eigenvalue weighted by Crippen LogP contribution is -2.10. The minimum atomic E-state index is -0.429. The van der Waals surface area contributed by atoms with Gasteiger partial charge in [-0.05, 0) is 24.6 Å². The fraction of sp³-hybridized carbons (Fsp3) is 0.333. The second kappa shape index (κ2) is 6.40. The van der Waals surface area contributed by atoms with Crippen molar-refractivity contribution in [1.82, 2.24) is 25.1 Å². The standard InChI is InChI=1S/C15H13BrFN5O2/c16-10-1-2-11(12(17)5-10)14-18-15(24-20-14)13-7-22(21-19-13)6-9-3-4-23-8-9/h1-2,5,7,9H,3-4,6,8H2/t9-/m1/s1. The van der Waals surface area contributed by atoms with E-state index in [1.165, 1.54) is 6.07 Å². The van der Waals surface area contributed by atoms with Crippen LogP contribution in [0.2, 0.25) is 0 Å². The topological polar surface area (TPSA) is 78.9 Å². The molecule has 1 atom stereocenters. The molecule has 0 amide bonds. The van der Waals surface area contributed by atoms with Crippen molar-refractivity contribution in [2.45, 2.75) is 13.0 Å². The summed E-state index contributed by atoms with van der Waals surface area (Å²) < 4.78 is 26.9. The number of nitrogens with zero attached hydrogens (tertiary/aromatic N) is 5. The summed E-state index contributed by atoms with van der Waals surface area (Å²) in [7, 11) is 0. The monoisotopic (exact) mass is 393 g/mol. The van der Waals surface area contributed by atoms with E-state index in [9.17, 15) is 4.39 Å².